The number of aromatic nitrogens is 2. The average Bonchev–Trinajstić information content (AvgIpc) is 2.29. The van der Waals surface area contributed by atoms with Crippen molar-refractivity contribution >= 4 is 32.6 Å². The Labute approximate surface area is 114 Å². The van der Waals surface area contributed by atoms with Gasteiger partial charge >= 0.3 is 16.4 Å². The summed E-state index contributed by atoms with van der Waals surface area (Å²) in [5.74, 6) is 0. The molecule has 0 aliphatic rings. The number of benzene rings is 1. The van der Waals surface area contributed by atoms with E-state index in [0.717, 1.165) is 13.1 Å². The Hall–Kier alpha value is -1.02. The van der Waals surface area contributed by atoms with Crippen LogP contribution >= 0.6 is 22.6 Å². The summed E-state index contributed by atoms with van der Waals surface area (Å²) in [6, 6.07) is 6.81. The van der Waals surface area contributed by atoms with Crippen LogP contribution in [0.3, 0.4) is 0 Å². The van der Waals surface area contributed by atoms with Crippen molar-refractivity contribution in [3.63, 3.8) is 0 Å². The standard InChI is InChI=1S/C11H10IN2O2S/c1-9-7-10(12)3-4-11(9)17(15,16)14-6-2-5-13-8-14/h2-8H,1H3/q+1. The lowest BCUT2D eigenvalue weighted by Gasteiger charge is -2.05. The Morgan fingerprint density at radius 2 is 2.12 bits per heavy atom. The average molecular weight is 361 g/mol. The molecule has 6 heteroatoms. The molecule has 0 amide bonds. The summed E-state index contributed by atoms with van der Waals surface area (Å²) in [6.07, 6.45) is 4.29. The van der Waals surface area contributed by atoms with Crippen LogP contribution in [-0.4, -0.2) is 13.4 Å². The summed E-state index contributed by atoms with van der Waals surface area (Å²) in [4.78, 5) is 4.11. The Morgan fingerprint density at radius 1 is 1.35 bits per heavy atom. The highest BCUT2D eigenvalue weighted by Crippen LogP contribution is 2.17. The number of hydrogen-bond acceptors (Lipinski definition) is 3. The molecule has 1 aromatic carbocycles. The third-order valence-electron chi connectivity index (χ3n) is 2.28. The number of aryl methyl sites for hydroxylation is 1. The van der Waals surface area contributed by atoms with Crippen molar-refractivity contribution in [2.45, 2.75) is 11.8 Å². The number of rotatable bonds is 2. The molecule has 0 N–H and O–H groups in total. The van der Waals surface area contributed by atoms with Crippen molar-refractivity contribution in [3.8, 4) is 0 Å². The molecule has 1 heterocycles. The summed E-state index contributed by atoms with van der Waals surface area (Å²) < 4.78 is 26.7. The summed E-state index contributed by atoms with van der Waals surface area (Å²) in [6.45, 7) is 1.78. The lowest BCUT2D eigenvalue weighted by atomic mass is 10.2. The van der Waals surface area contributed by atoms with Crippen LogP contribution in [0, 0.1) is 10.5 Å². The first-order valence-corrected chi connectivity index (χ1v) is 7.37. The van der Waals surface area contributed by atoms with E-state index in [1.807, 2.05) is 6.07 Å². The van der Waals surface area contributed by atoms with Gasteiger partial charge in [0.15, 0.2) is 0 Å². The minimum atomic E-state index is -3.54. The summed E-state index contributed by atoms with van der Waals surface area (Å²) in [5, 5.41) is 0. The smallest absolute Gasteiger partial charge is 0.178 e. The molecule has 0 saturated carbocycles. The topological polar surface area (TPSA) is 50.9 Å². The number of nitrogens with zero attached hydrogens (tertiary/aromatic N) is 2. The van der Waals surface area contributed by atoms with Crippen molar-refractivity contribution in [1.29, 1.82) is 0 Å². The Balaban J connectivity index is 2.61. The van der Waals surface area contributed by atoms with Gasteiger partial charge in [0, 0.05) is 9.64 Å². The van der Waals surface area contributed by atoms with Gasteiger partial charge in [-0.1, -0.05) is 4.98 Å². The quantitative estimate of drug-likeness (QED) is 0.602. The van der Waals surface area contributed by atoms with E-state index in [2.05, 4.69) is 27.6 Å². The van der Waals surface area contributed by atoms with Gasteiger partial charge in [0.2, 0.25) is 0 Å². The van der Waals surface area contributed by atoms with Crippen molar-refractivity contribution < 1.29 is 12.4 Å². The van der Waals surface area contributed by atoms with Gasteiger partial charge in [0.1, 0.15) is 17.3 Å². The van der Waals surface area contributed by atoms with Gasteiger partial charge in [-0.2, -0.15) is 8.42 Å². The highest BCUT2D eigenvalue weighted by molar-refractivity contribution is 14.1. The third-order valence-corrected chi connectivity index (χ3v) is 4.73. The number of halogens is 1. The SMILES string of the molecule is Cc1cc(I)ccc1S(=O)(=O)[n+]1cccnc1. The largest absolute Gasteiger partial charge is 0.335 e. The molecule has 0 spiro atoms. The fourth-order valence-electron chi connectivity index (χ4n) is 1.47. The van der Waals surface area contributed by atoms with Gasteiger partial charge in [0.25, 0.3) is 0 Å². The fraction of sp³-hybridized carbons (Fsp3) is 0.0909. The second-order valence-electron chi connectivity index (χ2n) is 3.50. The molecule has 0 aliphatic carbocycles. The van der Waals surface area contributed by atoms with Gasteiger partial charge in [-0.05, 0) is 53.3 Å². The van der Waals surface area contributed by atoms with Crippen molar-refractivity contribution in [2.75, 3.05) is 0 Å². The Morgan fingerprint density at radius 3 is 2.71 bits per heavy atom. The Bertz CT molecular complexity index is 642. The first-order chi connectivity index (χ1) is 8.01. The van der Waals surface area contributed by atoms with E-state index in [0.29, 0.717) is 4.90 Å². The minimum absolute atomic E-state index is 0.302. The molecule has 0 saturated heterocycles. The van der Waals surface area contributed by atoms with E-state index in [1.165, 1.54) is 18.7 Å². The normalized spacial score (nSPS) is 11.4. The molecule has 0 bridgehead atoms. The van der Waals surface area contributed by atoms with Gasteiger partial charge in [-0.25, -0.2) is 0 Å². The van der Waals surface area contributed by atoms with Crippen molar-refractivity contribution in [3.05, 3.63) is 52.1 Å². The molecule has 2 aromatic rings. The molecule has 0 radical (unpaired) electrons. The monoisotopic (exact) mass is 361 g/mol. The van der Waals surface area contributed by atoms with Crippen LogP contribution in [0.15, 0.2) is 47.9 Å². The molecule has 4 nitrogen and oxygen atoms in total. The second-order valence-corrected chi connectivity index (χ2v) is 6.56. The lowest BCUT2D eigenvalue weighted by Crippen LogP contribution is -2.42. The van der Waals surface area contributed by atoms with E-state index >= 15 is 0 Å². The lowest BCUT2D eigenvalue weighted by molar-refractivity contribution is -0.515. The third kappa shape index (κ3) is 2.47. The van der Waals surface area contributed by atoms with Crippen LogP contribution < -0.4 is 3.97 Å². The molecule has 1 aromatic heterocycles. The van der Waals surface area contributed by atoms with E-state index in [9.17, 15) is 8.42 Å². The van der Waals surface area contributed by atoms with Crippen molar-refractivity contribution in [2.24, 2.45) is 0 Å². The van der Waals surface area contributed by atoms with Gasteiger partial charge in [-0.15, -0.1) is 3.97 Å². The van der Waals surface area contributed by atoms with E-state index < -0.39 is 10.0 Å². The zero-order valence-corrected chi connectivity index (χ0v) is 12.0. The zero-order valence-electron chi connectivity index (χ0n) is 9.04. The molecule has 88 valence electrons. The van der Waals surface area contributed by atoms with Gasteiger partial charge in [0.05, 0.1) is 0 Å². The Kier molecular flexibility index (Phi) is 3.43. The predicted octanol–water partition coefficient (Wildman–Crippen LogP) is 1.52. The molecular weight excluding hydrogens is 351 g/mol. The molecule has 2 rings (SSSR count). The summed E-state index contributed by atoms with van der Waals surface area (Å²) >= 11 is 2.15. The molecule has 17 heavy (non-hydrogen) atoms. The van der Waals surface area contributed by atoms with Crippen LogP contribution in [0.4, 0.5) is 0 Å². The maximum Gasteiger partial charge on any atom is 0.335 e. The van der Waals surface area contributed by atoms with E-state index in [1.54, 1.807) is 25.1 Å². The van der Waals surface area contributed by atoms with Crippen LogP contribution in [0.25, 0.3) is 0 Å². The molecular formula is C11H10IN2O2S+. The first-order valence-electron chi connectivity index (χ1n) is 4.85. The van der Waals surface area contributed by atoms with Crippen LogP contribution in [0.1, 0.15) is 5.56 Å². The van der Waals surface area contributed by atoms with Crippen LogP contribution in [-0.2, 0) is 10.0 Å². The minimum Gasteiger partial charge on any atom is -0.178 e. The summed E-state index contributed by atoms with van der Waals surface area (Å²) in [7, 11) is -3.54. The van der Waals surface area contributed by atoms with Crippen LogP contribution in [0.2, 0.25) is 0 Å². The fourth-order valence-corrected chi connectivity index (χ4v) is 3.46. The maximum atomic E-state index is 12.3. The van der Waals surface area contributed by atoms with Gasteiger partial charge < -0.3 is 0 Å². The highest BCUT2D eigenvalue weighted by atomic mass is 127. The maximum absolute atomic E-state index is 12.3. The number of hydrogen-bond donors (Lipinski definition) is 0. The highest BCUT2D eigenvalue weighted by Gasteiger charge is 2.23. The van der Waals surface area contributed by atoms with E-state index in [4.69, 9.17) is 0 Å². The molecule has 0 unspecified atom stereocenters. The van der Waals surface area contributed by atoms with E-state index in [-0.39, 0.29) is 0 Å². The van der Waals surface area contributed by atoms with Crippen LogP contribution in [0.5, 0.6) is 0 Å². The molecule has 0 fully saturated rings. The second kappa shape index (κ2) is 4.69. The van der Waals surface area contributed by atoms with Crippen molar-refractivity contribution in [1.82, 2.24) is 4.98 Å². The molecule has 0 atom stereocenters. The predicted molar refractivity (Wildman–Crippen MR) is 70.9 cm³/mol. The zero-order chi connectivity index (χ0) is 12.5. The molecule has 0 aliphatic heterocycles. The summed E-state index contributed by atoms with van der Waals surface area (Å²) in [5.41, 5.74) is 0.730. The van der Waals surface area contributed by atoms with Gasteiger partial charge in [-0.3, -0.25) is 0 Å². The first kappa shape index (κ1) is 12.4.